The van der Waals surface area contributed by atoms with Gasteiger partial charge in [0, 0.05) is 17.3 Å². The lowest BCUT2D eigenvalue weighted by Crippen LogP contribution is -1.91. The smallest absolute Gasteiger partial charge is 0.124 e. The molecule has 0 amide bonds. The summed E-state index contributed by atoms with van der Waals surface area (Å²) in [5.41, 5.74) is 1.86. The van der Waals surface area contributed by atoms with Gasteiger partial charge in [-0.25, -0.2) is 0 Å². The zero-order valence-electron chi connectivity index (χ0n) is 7.00. The Bertz CT molecular complexity index is 292. The molecule has 3 heteroatoms. The molecule has 1 aromatic rings. The molecule has 0 spiro atoms. The highest BCUT2D eigenvalue weighted by Crippen LogP contribution is 2.16. The van der Waals surface area contributed by atoms with Crippen LogP contribution in [0.15, 0.2) is 22.7 Å². The molecule has 1 rings (SSSR count). The fourth-order valence-corrected chi connectivity index (χ4v) is 1.73. The van der Waals surface area contributed by atoms with Crippen LogP contribution < -0.4 is 0 Å². The van der Waals surface area contributed by atoms with Gasteiger partial charge in [-0.15, -0.1) is 0 Å². The molecule has 1 aromatic carbocycles. The molecule has 0 N–H and O–H groups in total. The molecule has 0 aliphatic rings. The van der Waals surface area contributed by atoms with Gasteiger partial charge in [0.05, 0.1) is 0 Å². The highest BCUT2D eigenvalue weighted by Gasteiger charge is 1.98. The van der Waals surface area contributed by atoms with Crippen molar-refractivity contribution in [1.29, 1.82) is 0 Å². The van der Waals surface area contributed by atoms with Crippen LogP contribution in [0.4, 0.5) is 0 Å². The van der Waals surface area contributed by atoms with Gasteiger partial charge in [-0.3, -0.25) is 0 Å². The van der Waals surface area contributed by atoms with Crippen molar-refractivity contribution in [2.45, 2.75) is 12.8 Å². The Labute approximate surface area is 85.1 Å². The summed E-state index contributed by atoms with van der Waals surface area (Å²) in [5.74, 6) is 0. The molecule has 0 unspecified atom stereocenters. The van der Waals surface area contributed by atoms with Crippen molar-refractivity contribution in [2.24, 2.45) is 0 Å². The van der Waals surface area contributed by atoms with Gasteiger partial charge >= 0.3 is 0 Å². The molecule has 0 heterocycles. The van der Waals surface area contributed by atoms with Gasteiger partial charge in [0.25, 0.3) is 0 Å². The maximum Gasteiger partial charge on any atom is 0.124 e. The molecule has 0 aliphatic carbocycles. The van der Waals surface area contributed by atoms with Crippen LogP contribution in [0.25, 0.3) is 0 Å². The minimum absolute atomic E-state index is 0.394. The number of hydrogen-bond donors (Lipinski definition) is 0. The van der Waals surface area contributed by atoms with E-state index in [1.165, 1.54) is 0 Å². The third-order valence-electron chi connectivity index (χ3n) is 1.66. The summed E-state index contributed by atoms with van der Waals surface area (Å²) in [5, 5.41) is 0. The summed E-state index contributed by atoms with van der Waals surface area (Å²) in [6.07, 6.45) is 2.50. The van der Waals surface area contributed by atoms with E-state index in [0.29, 0.717) is 12.8 Å². The van der Waals surface area contributed by atoms with E-state index in [4.69, 9.17) is 0 Å². The van der Waals surface area contributed by atoms with Crippen LogP contribution in [0.3, 0.4) is 0 Å². The summed E-state index contributed by atoms with van der Waals surface area (Å²) in [6, 6.07) is 5.62. The number of benzene rings is 1. The fourth-order valence-electron chi connectivity index (χ4n) is 1.15. The molecule has 2 nitrogen and oxygen atoms in total. The quantitative estimate of drug-likeness (QED) is 0.755. The van der Waals surface area contributed by atoms with E-state index in [9.17, 15) is 9.59 Å². The standard InChI is InChI=1S/C10H9BrO2/c11-10-6-8(1-3-12)5-9(7-10)2-4-13/h3-7H,1-2H2. The SMILES string of the molecule is O=CCc1cc(Br)cc(CC=O)c1. The molecule has 0 aliphatic heterocycles. The molecule has 0 aromatic heterocycles. The molecule has 0 saturated heterocycles. The van der Waals surface area contributed by atoms with Gasteiger partial charge in [0.1, 0.15) is 12.6 Å². The Morgan fingerprint density at radius 3 is 1.85 bits per heavy atom. The zero-order valence-corrected chi connectivity index (χ0v) is 8.58. The lowest BCUT2D eigenvalue weighted by atomic mass is 10.1. The van der Waals surface area contributed by atoms with Crippen LogP contribution in [0.1, 0.15) is 11.1 Å². The normalized spacial score (nSPS) is 9.62. The number of aldehydes is 2. The first kappa shape index (κ1) is 10.1. The molecule has 0 fully saturated rings. The number of rotatable bonds is 4. The second kappa shape index (κ2) is 4.92. The van der Waals surface area contributed by atoms with Crippen LogP contribution in [0, 0.1) is 0 Å². The monoisotopic (exact) mass is 240 g/mol. The van der Waals surface area contributed by atoms with Gasteiger partial charge < -0.3 is 9.59 Å². The van der Waals surface area contributed by atoms with E-state index in [1.54, 1.807) is 0 Å². The van der Waals surface area contributed by atoms with Gasteiger partial charge in [0.2, 0.25) is 0 Å². The average Bonchev–Trinajstić information content (AvgIpc) is 2.04. The number of carbonyl (C=O) groups is 2. The molecule has 0 bridgehead atoms. The second-order valence-corrected chi connectivity index (χ2v) is 3.62. The largest absolute Gasteiger partial charge is 0.303 e. The molecule has 0 atom stereocenters. The van der Waals surface area contributed by atoms with Crippen molar-refractivity contribution in [3.8, 4) is 0 Å². The molecule has 0 radical (unpaired) electrons. The van der Waals surface area contributed by atoms with Crippen molar-refractivity contribution >= 4 is 28.5 Å². The number of carbonyl (C=O) groups excluding carboxylic acids is 2. The molecule has 13 heavy (non-hydrogen) atoms. The van der Waals surface area contributed by atoms with Gasteiger partial charge in [0.15, 0.2) is 0 Å². The minimum Gasteiger partial charge on any atom is -0.303 e. The summed E-state index contributed by atoms with van der Waals surface area (Å²) >= 11 is 3.32. The van der Waals surface area contributed by atoms with Crippen molar-refractivity contribution in [3.05, 3.63) is 33.8 Å². The summed E-state index contributed by atoms with van der Waals surface area (Å²) in [6.45, 7) is 0. The maximum atomic E-state index is 10.3. The number of hydrogen-bond acceptors (Lipinski definition) is 2. The molecule has 0 saturated carbocycles. The highest BCUT2D eigenvalue weighted by atomic mass is 79.9. The molecule has 68 valence electrons. The predicted molar refractivity (Wildman–Crippen MR) is 53.7 cm³/mol. The molecular weight excluding hydrogens is 232 g/mol. The third kappa shape index (κ3) is 3.11. The third-order valence-corrected chi connectivity index (χ3v) is 2.11. The lowest BCUT2D eigenvalue weighted by Gasteiger charge is -2.01. The predicted octanol–water partition coefficient (Wildman–Crippen LogP) is 1.93. The Balaban J connectivity index is 2.95. The highest BCUT2D eigenvalue weighted by molar-refractivity contribution is 9.10. The van der Waals surface area contributed by atoms with Crippen molar-refractivity contribution in [1.82, 2.24) is 0 Å². The maximum absolute atomic E-state index is 10.3. The topological polar surface area (TPSA) is 34.1 Å². The van der Waals surface area contributed by atoms with Crippen LogP contribution >= 0.6 is 15.9 Å². The van der Waals surface area contributed by atoms with E-state index in [1.807, 2.05) is 18.2 Å². The first-order chi connectivity index (χ1) is 6.26. The van der Waals surface area contributed by atoms with Gasteiger partial charge in [-0.2, -0.15) is 0 Å². The van der Waals surface area contributed by atoms with Crippen molar-refractivity contribution < 1.29 is 9.59 Å². The Morgan fingerprint density at radius 2 is 1.46 bits per heavy atom. The van der Waals surface area contributed by atoms with E-state index in [2.05, 4.69) is 15.9 Å². The Hall–Kier alpha value is -0.960. The van der Waals surface area contributed by atoms with Gasteiger partial charge in [-0.05, 0) is 23.3 Å². The Morgan fingerprint density at radius 1 is 1.00 bits per heavy atom. The van der Waals surface area contributed by atoms with E-state index < -0.39 is 0 Å². The van der Waals surface area contributed by atoms with Crippen LogP contribution in [-0.4, -0.2) is 12.6 Å². The van der Waals surface area contributed by atoms with Crippen molar-refractivity contribution in [2.75, 3.05) is 0 Å². The first-order valence-electron chi connectivity index (χ1n) is 3.92. The Kier molecular flexibility index (Phi) is 3.83. The summed E-state index contributed by atoms with van der Waals surface area (Å²) < 4.78 is 0.906. The molecular formula is C10H9BrO2. The zero-order chi connectivity index (χ0) is 9.68. The van der Waals surface area contributed by atoms with E-state index >= 15 is 0 Å². The first-order valence-corrected chi connectivity index (χ1v) is 4.71. The van der Waals surface area contributed by atoms with E-state index in [0.717, 1.165) is 28.2 Å². The number of halogens is 1. The van der Waals surface area contributed by atoms with Crippen molar-refractivity contribution in [3.63, 3.8) is 0 Å². The average molecular weight is 241 g/mol. The van der Waals surface area contributed by atoms with E-state index in [-0.39, 0.29) is 0 Å². The summed E-state index contributed by atoms with van der Waals surface area (Å²) in [4.78, 5) is 20.5. The van der Waals surface area contributed by atoms with Crippen LogP contribution in [-0.2, 0) is 22.4 Å². The fraction of sp³-hybridized carbons (Fsp3) is 0.200. The summed E-state index contributed by atoms with van der Waals surface area (Å²) in [7, 11) is 0. The second-order valence-electron chi connectivity index (χ2n) is 2.71. The van der Waals surface area contributed by atoms with Crippen LogP contribution in [0.5, 0.6) is 0 Å². The van der Waals surface area contributed by atoms with Crippen LogP contribution in [0.2, 0.25) is 0 Å². The van der Waals surface area contributed by atoms with Gasteiger partial charge in [-0.1, -0.05) is 22.0 Å². The minimum atomic E-state index is 0.394. The lowest BCUT2D eigenvalue weighted by molar-refractivity contribution is -0.108.